The molecule has 0 aromatic carbocycles. The van der Waals surface area contributed by atoms with Gasteiger partial charge < -0.3 is 20.3 Å². The summed E-state index contributed by atoms with van der Waals surface area (Å²) < 4.78 is 5.91. The average molecular weight is 930 g/mol. The van der Waals surface area contributed by atoms with Crippen molar-refractivity contribution in [1.29, 1.82) is 0 Å². The van der Waals surface area contributed by atoms with Crippen molar-refractivity contribution in [2.45, 2.75) is 257 Å². The first-order valence-corrected chi connectivity index (χ1v) is 27.7. The number of hydrogen-bond donors (Lipinski definition) is 3. The Morgan fingerprint density at radius 1 is 0.463 bits per heavy atom. The lowest BCUT2D eigenvalue weighted by atomic mass is 10.0. The van der Waals surface area contributed by atoms with E-state index in [4.69, 9.17) is 4.74 Å². The Hall–Kier alpha value is -3.48. The largest absolute Gasteiger partial charge is 0.462 e. The van der Waals surface area contributed by atoms with Gasteiger partial charge in [0.05, 0.1) is 25.2 Å². The van der Waals surface area contributed by atoms with Crippen molar-refractivity contribution < 1.29 is 24.5 Å². The molecule has 0 rings (SSSR count). The Labute approximate surface area is 413 Å². The minimum Gasteiger partial charge on any atom is -0.462 e. The molecule has 0 aliphatic heterocycles. The third kappa shape index (κ3) is 48.8. The lowest BCUT2D eigenvalue weighted by Crippen LogP contribution is -2.46. The minimum atomic E-state index is -0.814. The average Bonchev–Trinajstić information content (AvgIpc) is 3.32. The quantitative estimate of drug-likeness (QED) is 0.0244. The van der Waals surface area contributed by atoms with Crippen LogP contribution in [0.4, 0.5) is 0 Å². The van der Waals surface area contributed by atoms with E-state index in [-0.39, 0.29) is 24.9 Å². The minimum absolute atomic E-state index is 0.0224. The van der Waals surface area contributed by atoms with Crippen LogP contribution in [-0.4, -0.2) is 46.9 Å². The van der Waals surface area contributed by atoms with Gasteiger partial charge in [0.2, 0.25) is 5.91 Å². The number of aliphatic hydroxyl groups excluding tert-OH is 2. The SMILES string of the molecule is CC/C=C\C/C=C\C/C=C\C/C=C\C/C=C\CCCC(CC(=O)NC(CO)C(O)CCCCCCCCCCCCCCC)OC(=O)CCCCCCC/C=C/C=C/C=C/C=C/CCCCC. The molecule has 0 aromatic rings. The van der Waals surface area contributed by atoms with Crippen LogP contribution in [0.3, 0.4) is 0 Å². The molecule has 0 spiro atoms. The second-order valence-electron chi connectivity index (χ2n) is 18.3. The monoisotopic (exact) mass is 930 g/mol. The maximum Gasteiger partial charge on any atom is 0.306 e. The molecule has 0 saturated carbocycles. The van der Waals surface area contributed by atoms with Crippen molar-refractivity contribution in [2.75, 3.05) is 6.61 Å². The van der Waals surface area contributed by atoms with Crippen molar-refractivity contribution in [3.63, 3.8) is 0 Å². The van der Waals surface area contributed by atoms with Crippen molar-refractivity contribution in [1.82, 2.24) is 5.32 Å². The Morgan fingerprint density at radius 3 is 1.40 bits per heavy atom. The number of hydrogen-bond acceptors (Lipinski definition) is 5. The number of carbonyl (C=O) groups excluding carboxylic acids is 2. The fourth-order valence-corrected chi connectivity index (χ4v) is 7.77. The van der Waals surface area contributed by atoms with Gasteiger partial charge in [-0.2, -0.15) is 0 Å². The van der Waals surface area contributed by atoms with Crippen LogP contribution in [0.2, 0.25) is 0 Å². The molecule has 3 atom stereocenters. The summed E-state index contributed by atoms with van der Waals surface area (Å²) in [6.45, 7) is 6.31. The number of rotatable bonds is 48. The summed E-state index contributed by atoms with van der Waals surface area (Å²) in [6.07, 6.45) is 72.9. The highest BCUT2D eigenvalue weighted by Crippen LogP contribution is 2.17. The second-order valence-corrected chi connectivity index (χ2v) is 18.3. The summed E-state index contributed by atoms with van der Waals surface area (Å²) in [7, 11) is 0. The fourth-order valence-electron chi connectivity index (χ4n) is 7.77. The lowest BCUT2D eigenvalue weighted by Gasteiger charge is -2.24. The van der Waals surface area contributed by atoms with E-state index in [0.717, 1.165) is 109 Å². The smallest absolute Gasteiger partial charge is 0.306 e. The molecule has 0 saturated heterocycles. The van der Waals surface area contributed by atoms with Gasteiger partial charge in [0.25, 0.3) is 0 Å². The first-order chi connectivity index (χ1) is 33.0. The predicted octanol–water partition coefficient (Wildman–Crippen LogP) is 17.1. The van der Waals surface area contributed by atoms with Gasteiger partial charge in [-0.25, -0.2) is 0 Å². The van der Waals surface area contributed by atoms with Crippen LogP contribution >= 0.6 is 0 Å². The molecule has 0 radical (unpaired) electrons. The van der Waals surface area contributed by atoms with Crippen LogP contribution in [-0.2, 0) is 14.3 Å². The molecule has 0 bridgehead atoms. The van der Waals surface area contributed by atoms with Gasteiger partial charge in [-0.05, 0) is 89.9 Å². The Kier molecular flexibility index (Phi) is 50.7. The zero-order valence-corrected chi connectivity index (χ0v) is 43.5. The van der Waals surface area contributed by atoms with E-state index in [9.17, 15) is 19.8 Å². The van der Waals surface area contributed by atoms with Gasteiger partial charge in [-0.15, -0.1) is 0 Å². The maximum absolute atomic E-state index is 13.2. The number of ether oxygens (including phenoxy) is 1. The lowest BCUT2D eigenvalue weighted by molar-refractivity contribution is -0.151. The molecule has 0 aromatic heterocycles. The van der Waals surface area contributed by atoms with Gasteiger partial charge in [0.1, 0.15) is 6.10 Å². The predicted molar refractivity (Wildman–Crippen MR) is 291 cm³/mol. The zero-order chi connectivity index (χ0) is 48.8. The summed E-state index contributed by atoms with van der Waals surface area (Å²) in [5.41, 5.74) is 0. The van der Waals surface area contributed by atoms with Crippen LogP contribution in [0, 0.1) is 0 Å². The molecule has 3 N–H and O–H groups in total. The molecule has 0 aliphatic carbocycles. The van der Waals surface area contributed by atoms with Crippen LogP contribution in [0.5, 0.6) is 0 Å². The fraction of sp³-hybridized carbons (Fsp3) is 0.672. The van der Waals surface area contributed by atoms with E-state index in [1.165, 1.54) is 83.5 Å². The van der Waals surface area contributed by atoms with Gasteiger partial charge >= 0.3 is 5.97 Å². The number of nitrogens with one attached hydrogen (secondary N) is 1. The Morgan fingerprint density at radius 2 is 0.881 bits per heavy atom. The van der Waals surface area contributed by atoms with Crippen LogP contribution in [0.1, 0.15) is 239 Å². The van der Waals surface area contributed by atoms with Gasteiger partial charge in [-0.1, -0.05) is 246 Å². The highest BCUT2D eigenvalue weighted by molar-refractivity contribution is 5.77. The second kappa shape index (κ2) is 53.5. The molecule has 6 nitrogen and oxygen atoms in total. The van der Waals surface area contributed by atoms with E-state index in [0.29, 0.717) is 19.3 Å². The van der Waals surface area contributed by atoms with Crippen LogP contribution in [0.25, 0.3) is 0 Å². The third-order valence-corrected chi connectivity index (χ3v) is 11.9. The van der Waals surface area contributed by atoms with E-state index in [1.807, 2.05) is 0 Å². The number of aliphatic hydroxyl groups is 2. The van der Waals surface area contributed by atoms with Crippen molar-refractivity contribution in [2.24, 2.45) is 0 Å². The molecule has 0 heterocycles. The molecular weight excluding hydrogens is 827 g/mol. The summed E-state index contributed by atoms with van der Waals surface area (Å²) in [5, 5.41) is 23.8. The summed E-state index contributed by atoms with van der Waals surface area (Å²) in [5.74, 6) is -0.563. The van der Waals surface area contributed by atoms with E-state index in [1.54, 1.807) is 0 Å². The Bertz CT molecular complexity index is 1370. The molecule has 1 amide bonds. The molecule has 0 aliphatic rings. The first kappa shape index (κ1) is 63.5. The molecule has 6 heteroatoms. The van der Waals surface area contributed by atoms with Crippen molar-refractivity contribution in [3.05, 3.63) is 109 Å². The number of esters is 1. The summed E-state index contributed by atoms with van der Waals surface area (Å²) in [4.78, 5) is 26.2. The maximum atomic E-state index is 13.2. The number of carbonyl (C=O) groups is 2. The number of unbranched alkanes of at least 4 members (excludes halogenated alkanes) is 21. The normalized spacial score (nSPS) is 14.0. The zero-order valence-electron chi connectivity index (χ0n) is 43.5. The highest BCUT2D eigenvalue weighted by atomic mass is 16.5. The van der Waals surface area contributed by atoms with E-state index < -0.39 is 18.2 Å². The van der Waals surface area contributed by atoms with Crippen LogP contribution < -0.4 is 5.32 Å². The molecular formula is C61H103NO5. The third-order valence-electron chi connectivity index (χ3n) is 11.9. The Balaban J connectivity index is 4.76. The first-order valence-electron chi connectivity index (χ1n) is 27.7. The van der Waals surface area contributed by atoms with Crippen LogP contribution in [0.15, 0.2) is 109 Å². The van der Waals surface area contributed by atoms with Crippen molar-refractivity contribution >= 4 is 11.9 Å². The topological polar surface area (TPSA) is 95.9 Å². The standard InChI is InChI=1S/C61H103NO5/c1-4-7-10-13-16-19-22-25-27-29-31-33-36-39-42-45-48-51-54-61(66)67-57(52-49-46-43-40-37-35-32-30-28-26-23-20-17-14-11-8-5-2)55-60(65)62-58(56-63)59(64)53-50-47-44-41-38-34-24-21-18-15-12-9-6-3/h8,11,16-17,19-20,22,25-29,31-33,35,40,43,57-59,63-64H,4-7,9-10,12-15,18,21,23-24,30,34,36-39,41-42,44-56H2,1-3H3,(H,62,65)/b11-8-,19-16+,20-17-,25-22+,28-26-,29-27+,33-31+,35-32-,43-40-. The molecule has 382 valence electrons. The molecule has 3 unspecified atom stereocenters. The van der Waals surface area contributed by atoms with E-state index in [2.05, 4.69) is 135 Å². The van der Waals surface area contributed by atoms with E-state index >= 15 is 0 Å². The number of amides is 1. The summed E-state index contributed by atoms with van der Waals surface area (Å²) >= 11 is 0. The number of allylic oxidation sites excluding steroid dienone is 18. The summed E-state index contributed by atoms with van der Waals surface area (Å²) in [6, 6.07) is -0.732. The van der Waals surface area contributed by atoms with Gasteiger partial charge in [-0.3, -0.25) is 9.59 Å². The molecule has 67 heavy (non-hydrogen) atoms. The van der Waals surface area contributed by atoms with Crippen molar-refractivity contribution in [3.8, 4) is 0 Å². The van der Waals surface area contributed by atoms with Gasteiger partial charge in [0.15, 0.2) is 0 Å². The van der Waals surface area contributed by atoms with Gasteiger partial charge in [0, 0.05) is 6.42 Å². The highest BCUT2D eigenvalue weighted by Gasteiger charge is 2.24. The molecule has 0 fully saturated rings.